The molecule has 1 aliphatic rings. The van der Waals surface area contributed by atoms with Gasteiger partial charge in [0.2, 0.25) is 0 Å². The molecule has 1 aromatic carbocycles. The van der Waals surface area contributed by atoms with Gasteiger partial charge in [-0.05, 0) is 44.3 Å². The number of nitrogens with two attached hydrogens (primary N) is 1. The van der Waals surface area contributed by atoms with Crippen molar-refractivity contribution in [2.75, 3.05) is 37.9 Å². The van der Waals surface area contributed by atoms with Crippen LogP contribution in [0.1, 0.15) is 12.6 Å². The van der Waals surface area contributed by atoms with E-state index in [0.717, 1.165) is 28.3 Å². The molecule has 29 heavy (non-hydrogen) atoms. The van der Waals surface area contributed by atoms with Crippen LogP contribution in [0.15, 0.2) is 36.5 Å². The second kappa shape index (κ2) is 7.38. The van der Waals surface area contributed by atoms with E-state index in [2.05, 4.69) is 0 Å². The molecule has 0 radical (unpaired) electrons. The average Bonchev–Trinajstić information content (AvgIpc) is 3.04. The molecule has 0 fully saturated rings. The van der Waals surface area contributed by atoms with E-state index in [1.54, 1.807) is 18.9 Å². The summed E-state index contributed by atoms with van der Waals surface area (Å²) >= 11 is 0. The molecule has 8 nitrogen and oxygen atoms in total. The first-order valence-corrected chi connectivity index (χ1v) is 9.53. The second-order valence-electron chi connectivity index (χ2n) is 7.40. The zero-order valence-corrected chi connectivity index (χ0v) is 16.8. The Hall–Kier alpha value is -3.10. The van der Waals surface area contributed by atoms with Gasteiger partial charge in [-0.1, -0.05) is 0 Å². The van der Waals surface area contributed by atoms with Crippen LogP contribution in [0.5, 0.6) is 5.75 Å². The summed E-state index contributed by atoms with van der Waals surface area (Å²) in [5, 5.41) is 9.28. The summed E-state index contributed by atoms with van der Waals surface area (Å²) < 4.78 is 7.71. The lowest BCUT2D eigenvalue weighted by Gasteiger charge is -2.30. The number of pyridine rings is 1. The third-order valence-corrected chi connectivity index (χ3v) is 5.22. The van der Waals surface area contributed by atoms with Crippen molar-refractivity contribution in [1.29, 1.82) is 0 Å². The maximum atomic E-state index is 12.3. The Morgan fingerprint density at radius 1 is 1.31 bits per heavy atom. The van der Waals surface area contributed by atoms with Crippen molar-refractivity contribution in [3.63, 3.8) is 0 Å². The van der Waals surface area contributed by atoms with E-state index in [9.17, 15) is 9.90 Å². The molecule has 8 heteroatoms. The van der Waals surface area contributed by atoms with E-state index in [0.29, 0.717) is 24.5 Å². The molecular formula is C21H25N5O3. The van der Waals surface area contributed by atoms with Crippen molar-refractivity contribution in [3.05, 3.63) is 42.2 Å². The molecule has 1 amide bonds. The van der Waals surface area contributed by atoms with Crippen molar-refractivity contribution < 1.29 is 14.6 Å². The molecule has 0 saturated carbocycles. The number of amides is 1. The van der Waals surface area contributed by atoms with Crippen molar-refractivity contribution >= 4 is 22.9 Å². The number of aliphatic hydroxyl groups excluding tert-OH is 1. The molecule has 0 saturated heterocycles. The van der Waals surface area contributed by atoms with Crippen LogP contribution in [0, 0.1) is 0 Å². The number of imidazole rings is 1. The summed E-state index contributed by atoms with van der Waals surface area (Å²) in [6.07, 6.45) is 1.35. The molecule has 1 unspecified atom stereocenters. The van der Waals surface area contributed by atoms with E-state index in [1.807, 2.05) is 52.9 Å². The predicted molar refractivity (Wildman–Crippen MR) is 112 cm³/mol. The standard InChI is InChI=1S/C21H25N5O3/c1-13-21(28)25(3)16-10-14(4-6-18(16)29-13)20-17(12-24(2)8-9-27)26-11-15(22)5-7-19(26)23-20/h4-7,10-11,13,27H,8-9,12,22H2,1-3H3. The monoisotopic (exact) mass is 395 g/mol. The Morgan fingerprint density at radius 3 is 2.86 bits per heavy atom. The number of rotatable bonds is 5. The Morgan fingerprint density at radius 2 is 2.10 bits per heavy atom. The number of likely N-dealkylation sites (N-methyl/N-ethyl adjacent to an activating group) is 2. The minimum atomic E-state index is -0.501. The fourth-order valence-corrected chi connectivity index (χ4v) is 3.66. The molecule has 152 valence electrons. The lowest BCUT2D eigenvalue weighted by Crippen LogP contribution is -2.41. The molecule has 0 bridgehead atoms. The fourth-order valence-electron chi connectivity index (χ4n) is 3.66. The van der Waals surface area contributed by atoms with Gasteiger partial charge < -0.3 is 24.9 Å². The Labute approximate surface area is 169 Å². The number of hydrogen-bond donors (Lipinski definition) is 2. The first-order valence-electron chi connectivity index (χ1n) is 9.53. The van der Waals surface area contributed by atoms with Crippen LogP contribution in [0.4, 0.5) is 11.4 Å². The maximum Gasteiger partial charge on any atom is 0.267 e. The third-order valence-electron chi connectivity index (χ3n) is 5.22. The van der Waals surface area contributed by atoms with Gasteiger partial charge in [-0.25, -0.2) is 4.98 Å². The number of aliphatic hydroxyl groups is 1. The summed E-state index contributed by atoms with van der Waals surface area (Å²) in [6, 6.07) is 9.47. The highest BCUT2D eigenvalue weighted by molar-refractivity contribution is 6.00. The predicted octanol–water partition coefficient (Wildman–Crippen LogP) is 1.75. The lowest BCUT2D eigenvalue weighted by atomic mass is 10.1. The number of carbonyl (C=O) groups is 1. The first-order chi connectivity index (χ1) is 13.9. The molecule has 1 aliphatic heterocycles. The SMILES string of the molecule is CC1Oc2ccc(-c3nc4ccc(N)cn4c3CN(C)CCO)cc2N(C)C1=O. The van der Waals surface area contributed by atoms with Crippen LogP contribution in [0.2, 0.25) is 0 Å². The summed E-state index contributed by atoms with van der Waals surface area (Å²) in [5.74, 6) is 0.593. The van der Waals surface area contributed by atoms with E-state index in [4.69, 9.17) is 15.5 Å². The van der Waals surface area contributed by atoms with Crippen LogP contribution >= 0.6 is 0 Å². The third kappa shape index (κ3) is 3.41. The molecule has 0 spiro atoms. The van der Waals surface area contributed by atoms with Crippen molar-refractivity contribution in [2.24, 2.45) is 0 Å². The molecule has 4 rings (SSSR count). The summed E-state index contributed by atoms with van der Waals surface area (Å²) in [7, 11) is 3.70. The van der Waals surface area contributed by atoms with Gasteiger partial charge in [-0.3, -0.25) is 9.69 Å². The van der Waals surface area contributed by atoms with Gasteiger partial charge in [0.25, 0.3) is 5.91 Å². The van der Waals surface area contributed by atoms with E-state index in [1.165, 1.54) is 0 Å². The minimum Gasteiger partial charge on any atom is -0.479 e. The first kappa shape index (κ1) is 19.2. The number of aromatic nitrogens is 2. The quantitative estimate of drug-likeness (QED) is 0.683. The fraction of sp³-hybridized carbons (Fsp3) is 0.333. The molecule has 3 N–H and O–H groups in total. The number of nitrogen functional groups attached to an aromatic ring is 1. The van der Waals surface area contributed by atoms with Crippen molar-refractivity contribution in [3.8, 4) is 17.0 Å². The number of anilines is 2. The van der Waals surface area contributed by atoms with Gasteiger partial charge in [0.05, 0.1) is 23.7 Å². The molecular weight excluding hydrogens is 370 g/mol. The van der Waals surface area contributed by atoms with E-state index >= 15 is 0 Å². The van der Waals surface area contributed by atoms with Crippen LogP contribution < -0.4 is 15.4 Å². The highest BCUT2D eigenvalue weighted by atomic mass is 16.5. The number of fused-ring (bicyclic) bond motifs is 2. The van der Waals surface area contributed by atoms with Crippen molar-refractivity contribution in [2.45, 2.75) is 19.6 Å². The summed E-state index contributed by atoms with van der Waals surface area (Å²) in [6.45, 7) is 2.95. The Bertz CT molecular complexity index is 1080. The molecule has 3 aromatic rings. The number of carbonyl (C=O) groups excluding carboxylic acids is 1. The van der Waals surface area contributed by atoms with Gasteiger partial charge in [0, 0.05) is 37.6 Å². The molecule has 3 heterocycles. The Kier molecular flexibility index (Phi) is 4.89. The van der Waals surface area contributed by atoms with Crippen molar-refractivity contribution in [1.82, 2.24) is 14.3 Å². The largest absolute Gasteiger partial charge is 0.479 e. The minimum absolute atomic E-state index is 0.0754. The highest BCUT2D eigenvalue weighted by Crippen LogP contribution is 2.37. The molecule has 2 aromatic heterocycles. The van der Waals surface area contributed by atoms with Gasteiger partial charge in [0.15, 0.2) is 6.10 Å². The van der Waals surface area contributed by atoms with Gasteiger partial charge in [0.1, 0.15) is 11.4 Å². The van der Waals surface area contributed by atoms with E-state index in [-0.39, 0.29) is 12.5 Å². The molecule has 0 aliphatic carbocycles. The number of nitrogens with zero attached hydrogens (tertiary/aromatic N) is 4. The zero-order valence-electron chi connectivity index (χ0n) is 16.8. The maximum absolute atomic E-state index is 12.3. The smallest absolute Gasteiger partial charge is 0.267 e. The zero-order chi connectivity index (χ0) is 20.7. The summed E-state index contributed by atoms with van der Waals surface area (Å²) in [5.41, 5.74) is 10.8. The normalized spacial score (nSPS) is 16.4. The lowest BCUT2D eigenvalue weighted by molar-refractivity contribution is -0.125. The number of ether oxygens (including phenoxy) is 1. The van der Waals surface area contributed by atoms with Gasteiger partial charge in [-0.2, -0.15) is 0 Å². The van der Waals surface area contributed by atoms with Crippen LogP contribution in [0.25, 0.3) is 16.9 Å². The van der Waals surface area contributed by atoms with Crippen LogP contribution in [-0.2, 0) is 11.3 Å². The van der Waals surface area contributed by atoms with E-state index < -0.39 is 6.10 Å². The molecule has 1 atom stereocenters. The number of hydrogen-bond acceptors (Lipinski definition) is 6. The Balaban J connectivity index is 1.84. The van der Waals surface area contributed by atoms with Gasteiger partial charge >= 0.3 is 0 Å². The van der Waals surface area contributed by atoms with Gasteiger partial charge in [-0.15, -0.1) is 0 Å². The van der Waals surface area contributed by atoms with Crippen LogP contribution in [-0.4, -0.2) is 58.6 Å². The van der Waals surface area contributed by atoms with Crippen LogP contribution in [0.3, 0.4) is 0 Å². The number of benzene rings is 1. The topological polar surface area (TPSA) is 96.3 Å². The highest BCUT2D eigenvalue weighted by Gasteiger charge is 2.29. The summed E-state index contributed by atoms with van der Waals surface area (Å²) in [4.78, 5) is 20.8. The average molecular weight is 395 g/mol. The second-order valence-corrected chi connectivity index (χ2v) is 7.40.